The zero-order valence-electron chi connectivity index (χ0n) is 23.3. The number of nitrogens with zero attached hydrogens (tertiary/aromatic N) is 3. The van der Waals surface area contributed by atoms with Crippen molar-refractivity contribution in [3.63, 3.8) is 0 Å². The average molecular weight is 635 g/mol. The van der Waals surface area contributed by atoms with Crippen LogP contribution in [0.15, 0.2) is 135 Å². The van der Waals surface area contributed by atoms with Crippen LogP contribution in [-0.2, 0) is 6.54 Å². The predicted molar refractivity (Wildman–Crippen MR) is 172 cm³/mol. The highest BCUT2D eigenvalue weighted by Gasteiger charge is 2.32. The fourth-order valence-corrected chi connectivity index (χ4v) is 7.19. The molecule has 2 aliphatic heterocycles. The summed E-state index contributed by atoms with van der Waals surface area (Å²) >= 11 is 2.51. The van der Waals surface area contributed by atoms with Gasteiger partial charge in [0.2, 0.25) is 0 Å². The number of hydrogen-bond acceptors (Lipinski definition) is 8. The summed E-state index contributed by atoms with van der Waals surface area (Å²) in [5, 5.41) is 25.3. The number of nitro benzene ring substituents is 2. The Morgan fingerprint density at radius 2 is 1.18 bits per heavy atom. The minimum absolute atomic E-state index is 0.0442. The number of carbonyl (C=O) groups is 2. The summed E-state index contributed by atoms with van der Waals surface area (Å²) in [6, 6.07) is 33.6. The smallest absolute Gasteiger partial charge is 0.284 e. The molecule has 0 bridgehead atoms. The summed E-state index contributed by atoms with van der Waals surface area (Å²) in [4.78, 5) is 51.1. The first-order valence-corrected chi connectivity index (χ1v) is 15.2. The first-order chi connectivity index (χ1) is 21.8. The lowest BCUT2D eigenvalue weighted by Gasteiger charge is -2.23. The highest BCUT2D eigenvalue weighted by molar-refractivity contribution is 8.00. The molecule has 7 rings (SSSR count). The molecule has 0 spiro atoms. The van der Waals surface area contributed by atoms with Crippen LogP contribution in [0.3, 0.4) is 0 Å². The van der Waals surface area contributed by atoms with Crippen LogP contribution in [0.2, 0.25) is 0 Å². The van der Waals surface area contributed by atoms with Crippen molar-refractivity contribution in [2.75, 3.05) is 10.2 Å². The van der Waals surface area contributed by atoms with E-state index in [-0.39, 0.29) is 23.2 Å². The first-order valence-electron chi connectivity index (χ1n) is 13.6. The highest BCUT2D eigenvalue weighted by atomic mass is 32.2. The van der Waals surface area contributed by atoms with Gasteiger partial charge in [0, 0.05) is 21.9 Å². The Labute approximate surface area is 265 Å². The minimum Gasteiger partial charge on any atom is -0.321 e. The van der Waals surface area contributed by atoms with E-state index in [1.807, 2.05) is 72.8 Å². The van der Waals surface area contributed by atoms with Crippen molar-refractivity contribution in [1.29, 1.82) is 0 Å². The van der Waals surface area contributed by atoms with Crippen molar-refractivity contribution in [3.8, 4) is 0 Å². The van der Waals surface area contributed by atoms with Gasteiger partial charge in [-0.05, 0) is 42.0 Å². The Balaban J connectivity index is 0.000000167. The van der Waals surface area contributed by atoms with Crippen molar-refractivity contribution >= 4 is 58.1 Å². The summed E-state index contributed by atoms with van der Waals surface area (Å²) in [7, 11) is 0. The second kappa shape index (κ2) is 12.6. The summed E-state index contributed by atoms with van der Waals surface area (Å²) in [6.45, 7) is 0.402. The Kier molecular flexibility index (Phi) is 8.32. The van der Waals surface area contributed by atoms with Crippen LogP contribution in [0.1, 0.15) is 26.3 Å². The maximum absolute atomic E-state index is 13.3. The van der Waals surface area contributed by atoms with E-state index in [0.717, 1.165) is 21.0 Å². The first kappa shape index (κ1) is 29.6. The molecule has 1 N–H and O–H groups in total. The molecule has 45 heavy (non-hydrogen) atoms. The van der Waals surface area contributed by atoms with Gasteiger partial charge >= 0.3 is 0 Å². The molecule has 5 aromatic carbocycles. The topological polar surface area (TPSA) is 136 Å². The molecule has 2 heterocycles. The lowest BCUT2D eigenvalue weighted by molar-refractivity contribution is -0.387. The van der Waals surface area contributed by atoms with Crippen LogP contribution < -0.4 is 10.2 Å². The second-order valence-electron chi connectivity index (χ2n) is 9.82. The van der Waals surface area contributed by atoms with E-state index in [9.17, 15) is 29.8 Å². The molecule has 0 aliphatic carbocycles. The third-order valence-electron chi connectivity index (χ3n) is 7.00. The van der Waals surface area contributed by atoms with Gasteiger partial charge in [0.25, 0.3) is 23.2 Å². The van der Waals surface area contributed by atoms with E-state index >= 15 is 0 Å². The van der Waals surface area contributed by atoms with E-state index in [1.165, 1.54) is 41.7 Å². The Morgan fingerprint density at radius 3 is 1.87 bits per heavy atom. The summed E-state index contributed by atoms with van der Waals surface area (Å²) in [5.41, 5.74) is 3.02. The highest BCUT2D eigenvalue weighted by Crippen LogP contribution is 2.46. The molecule has 0 saturated heterocycles. The van der Waals surface area contributed by atoms with E-state index in [4.69, 9.17) is 0 Å². The number of rotatable bonds is 4. The maximum Gasteiger partial charge on any atom is 0.284 e. The van der Waals surface area contributed by atoms with Crippen LogP contribution in [-0.4, -0.2) is 21.7 Å². The molecule has 5 aromatic rings. The number of hydrogen-bond donors (Lipinski definition) is 1. The van der Waals surface area contributed by atoms with Crippen LogP contribution >= 0.6 is 23.5 Å². The third kappa shape index (κ3) is 6.01. The zero-order valence-corrected chi connectivity index (χ0v) is 24.9. The second-order valence-corrected chi connectivity index (χ2v) is 11.9. The third-order valence-corrected chi connectivity index (χ3v) is 9.41. The quantitative estimate of drug-likeness (QED) is 0.154. The normalized spacial score (nSPS) is 12.9. The molecule has 10 nitrogen and oxygen atoms in total. The van der Waals surface area contributed by atoms with Crippen LogP contribution in [0.4, 0.5) is 22.7 Å². The van der Waals surface area contributed by atoms with Gasteiger partial charge in [-0.15, -0.1) is 0 Å². The van der Waals surface area contributed by atoms with Crippen LogP contribution in [0, 0.1) is 20.2 Å². The molecule has 2 amide bonds. The van der Waals surface area contributed by atoms with Gasteiger partial charge in [0.05, 0.1) is 38.9 Å². The van der Waals surface area contributed by atoms with Gasteiger partial charge in [-0.2, -0.15) is 0 Å². The molecule has 0 radical (unpaired) electrons. The molecule has 2 aliphatic rings. The maximum atomic E-state index is 13.3. The number of benzene rings is 5. The lowest BCUT2D eigenvalue weighted by Crippen LogP contribution is -2.30. The van der Waals surface area contributed by atoms with E-state index in [2.05, 4.69) is 5.32 Å². The van der Waals surface area contributed by atoms with Crippen molar-refractivity contribution < 1.29 is 19.4 Å². The zero-order chi connectivity index (χ0) is 31.5. The monoisotopic (exact) mass is 634 g/mol. The van der Waals surface area contributed by atoms with Crippen LogP contribution in [0.25, 0.3) is 0 Å². The van der Waals surface area contributed by atoms with E-state index < -0.39 is 9.85 Å². The average Bonchev–Trinajstić information content (AvgIpc) is 3.27. The molecule has 0 unspecified atom stereocenters. The van der Waals surface area contributed by atoms with Crippen molar-refractivity contribution in [2.24, 2.45) is 0 Å². The summed E-state index contributed by atoms with van der Waals surface area (Å²) in [6.07, 6.45) is 0. The minimum atomic E-state index is -0.465. The summed E-state index contributed by atoms with van der Waals surface area (Å²) < 4.78 is 0. The molecule has 0 aromatic heterocycles. The van der Waals surface area contributed by atoms with Gasteiger partial charge < -0.3 is 10.2 Å². The molecule has 0 fully saturated rings. The number of nitrogens with one attached hydrogen (secondary N) is 1. The standard InChI is InChI=1S/C20H14N2O3S.C13H8N2O3S/c23-20-15-9-6-11-17(22(24)25)19(15)26-18-12-5-4-10-16(18)21(20)13-14-7-2-1-3-8-14;16-13-8-4-3-6-10(15(17)18)12(8)19-11-7-2-1-5-9(11)14-13/h1-12H,13H2;1-7H,(H,14,16). The molecular weight excluding hydrogens is 613 g/mol. The van der Waals surface area contributed by atoms with Gasteiger partial charge in [-0.3, -0.25) is 29.8 Å². The van der Waals surface area contributed by atoms with Crippen LogP contribution in [0.5, 0.6) is 0 Å². The predicted octanol–water partition coefficient (Wildman–Crippen LogP) is 8.22. The number of anilines is 2. The van der Waals surface area contributed by atoms with Crippen molar-refractivity contribution in [2.45, 2.75) is 26.1 Å². The molecule has 12 heteroatoms. The molecule has 222 valence electrons. The van der Waals surface area contributed by atoms with Gasteiger partial charge in [-0.25, -0.2) is 0 Å². The Morgan fingerprint density at radius 1 is 0.622 bits per heavy atom. The Hall–Kier alpha value is -5.46. The fraction of sp³-hybridized carbons (Fsp3) is 0.0303. The summed E-state index contributed by atoms with van der Waals surface area (Å²) in [5.74, 6) is -0.554. The number of para-hydroxylation sites is 2. The number of fused-ring (bicyclic) bond motifs is 4. The molecule has 0 saturated carbocycles. The van der Waals surface area contributed by atoms with E-state index in [1.54, 1.807) is 29.2 Å². The molecular formula is C33H22N4O6S2. The van der Waals surface area contributed by atoms with Gasteiger partial charge in [0.15, 0.2) is 0 Å². The lowest BCUT2D eigenvalue weighted by atomic mass is 10.1. The number of nitro groups is 2. The van der Waals surface area contributed by atoms with Gasteiger partial charge in [0.1, 0.15) is 9.79 Å². The number of amides is 2. The van der Waals surface area contributed by atoms with Gasteiger partial charge in [-0.1, -0.05) is 90.3 Å². The van der Waals surface area contributed by atoms with Crippen molar-refractivity contribution in [3.05, 3.63) is 152 Å². The van der Waals surface area contributed by atoms with E-state index in [0.29, 0.717) is 33.2 Å². The largest absolute Gasteiger partial charge is 0.321 e. The molecule has 0 atom stereocenters. The Bertz CT molecular complexity index is 1990. The fourth-order valence-electron chi connectivity index (χ4n) is 4.91. The van der Waals surface area contributed by atoms with Crippen molar-refractivity contribution in [1.82, 2.24) is 0 Å². The number of carbonyl (C=O) groups excluding carboxylic acids is 2. The SMILES string of the molecule is O=C1Nc2ccccc2Sc2c1cccc2[N+](=O)[O-].O=C1c2cccc([N+](=O)[O-])c2Sc2ccccc2N1Cc1ccccc1.